The van der Waals surface area contributed by atoms with E-state index in [1.807, 2.05) is 12.1 Å². The molecular formula is C22H33N3O4S. The fraction of sp³-hybridized carbons (Fsp3) is 0.636. The lowest BCUT2D eigenvalue weighted by Crippen LogP contribution is -2.52. The third kappa shape index (κ3) is 5.21. The molecule has 1 unspecified atom stereocenters. The summed E-state index contributed by atoms with van der Waals surface area (Å²) in [6.45, 7) is 5.41. The van der Waals surface area contributed by atoms with Gasteiger partial charge in [-0.05, 0) is 42.9 Å². The summed E-state index contributed by atoms with van der Waals surface area (Å²) in [5, 5.41) is 2.75. The molecule has 1 aromatic carbocycles. The average molecular weight is 436 g/mol. The van der Waals surface area contributed by atoms with Crippen LogP contribution >= 0.6 is 0 Å². The number of amides is 2. The summed E-state index contributed by atoms with van der Waals surface area (Å²) in [7, 11) is -3.57. The number of sulfonamides is 1. The van der Waals surface area contributed by atoms with Crippen LogP contribution in [0.5, 0.6) is 0 Å². The van der Waals surface area contributed by atoms with Gasteiger partial charge >= 0.3 is 0 Å². The van der Waals surface area contributed by atoms with Crippen molar-refractivity contribution in [2.75, 3.05) is 32.7 Å². The molecule has 2 amide bonds. The van der Waals surface area contributed by atoms with Crippen LogP contribution in [0, 0.1) is 5.92 Å². The molecule has 1 atom stereocenters. The number of piperazine rings is 1. The maximum Gasteiger partial charge on any atom is 0.243 e. The minimum Gasteiger partial charge on any atom is -0.347 e. The SMILES string of the molecule is CCC(C)c1ccc(S(=O)(=O)N2CCN(C(=O)CNC(=O)C3CCCC3)CC2)cc1. The monoisotopic (exact) mass is 435 g/mol. The van der Waals surface area contributed by atoms with E-state index in [-0.39, 0.29) is 42.3 Å². The molecule has 1 saturated carbocycles. The molecule has 2 aliphatic rings. The van der Waals surface area contributed by atoms with Crippen molar-refractivity contribution < 1.29 is 18.0 Å². The Bertz CT molecular complexity index is 840. The van der Waals surface area contributed by atoms with E-state index >= 15 is 0 Å². The van der Waals surface area contributed by atoms with Crippen LogP contribution in [0.2, 0.25) is 0 Å². The first kappa shape index (κ1) is 22.7. The van der Waals surface area contributed by atoms with Crippen LogP contribution in [0.25, 0.3) is 0 Å². The van der Waals surface area contributed by atoms with Crippen LogP contribution in [0.1, 0.15) is 57.4 Å². The van der Waals surface area contributed by atoms with Gasteiger partial charge in [0.05, 0.1) is 11.4 Å². The molecule has 1 saturated heterocycles. The molecule has 2 fully saturated rings. The van der Waals surface area contributed by atoms with Crippen molar-refractivity contribution in [1.29, 1.82) is 0 Å². The van der Waals surface area contributed by atoms with Gasteiger partial charge in [0, 0.05) is 32.1 Å². The lowest BCUT2D eigenvalue weighted by atomic mass is 9.99. The van der Waals surface area contributed by atoms with Gasteiger partial charge in [-0.25, -0.2) is 8.42 Å². The summed E-state index contributed by atoms with van der Waals surface area (Å²) < 4.78 is 27.3. The van der Waals surface area contributed by atoms with Crippen molar-refractivity contribution in [3.8, 4) is 0 Å². The predicted molar refractivity (Wildman–Crippen MR) is 115 cm³/mol. The Hall–Kier alpha value is -1.93. The number of nitrogens with one attached hydrogen (secondary N) is 1. The van der Waals surface area contributed by atoms with Crippen molar-refractivity contribution in [2.45, 2.75) is 56.8 Å². The van der Waals surface area contributed by atoms with Crippen LogP contribution in [0.15, 0.2) is 29.2 Å². The number of hydrogen-bond donors (Lipinski definition) is 1. The van der Waals surface area contributed by atoms with Gasteiger partial charge in [-0.1, -0.05) is 38.8 Å². The molecule has 0 aromatic heterocycles. The van der Waals surface area contributed by atoms with Gasteiger partial charge in [-0.3, -0.25) is 9.59 Å². The summed E-state index contributed by atoms with van der Waals surface area (Å²) in [5.74, 6) is 0.233. The molecule has 1 aromatic rings. The minimum atomic E-state index is -3.57. The summed E-state index contributed by atoms with van der Waals surface area (Å²) >= 11 is 0. The lowest BCUT2D eigenvalue weighted by Gasteiger charge is -2.34. The molecule has 1 N–H and O–H groups in total. The maximum absolute atomic E-state index is 12.9. The van der Waals surface area contributed by atoms with Gasteiger partial charge in [-0.2, -0.15) is 4.31 Å². The van der Waals surface area contributed by atoms with E-state index in [0.717, 1.165) is 37.7 Å². The van der Waals surface area contributed by atoms with Crippen molar-refractivity contribution >= 4 is 21.8 Å². The highest BCUT2D eigenvalue weighted by atomic mass is 32.2. The molecule has 0 spiro atoms. The fourth-order valence-electron chi connectivity index (χ4n) is 4.14. The number of benzene rings is 1. The van der Waals surface area contributed by atoms with E-state index in [4.69, 9.17) is 0 Å². The Kier molecular flexibility index (Phi) is 7.52. The van der Waals surface area contributed by atoms with E-state index < -0.39 is 10.0 Å². The highest BCUT2D eigenvalue weighted by Crippen LogP contribution is 2.25. The number of hydrogen-bond acceptors (Lipinski definition) is 4. The number of nitrogens with zero attached hydrogens (tertiary/aromatic N) is 2. The van der Waals surface area contributed by atoms with Crippen LogP contribution in [-0.4, -0.2) is 62.2 Å². The normalized spacial score (nSPS) is 19.6. The van der Waals surface area contributed by atoms with Crippen LogP contribution in [-0.2, 0) is 19.6 Å². The van der Waals surface area contributed by atoms with Crippen molar-refractivity contribution in [3.63, 3.8) is 0 Å². The molecule has 7 nitrogen and oxygen atoms in total. The summed E-state index contributed by atoms with van der Waals surface area (Å²) in [6, 6.07) is 7.11. The summed E-state index contributed by atoms with van der Waals surface area (Å²) in [6.07, 6.45) is 4.94. The topological polar surface area (TPSA) is 86.8 Å². The quantitative estimate of drug-likeness (QED) is 0.712. The van der Waals surface area contributed by atoms with Crippen LogP contribution < -0.4 is 5.32 Å². The molecule has 1 heterocycles. The van der Waals surface area contributed by atoms with E-state index in [0.29, 0.717) is 19.0 Å². The van der Waals surface area contributed by atoms with Crippen molar-refractivity contribution in [3.05, 3.63) is 29.8 Å². The van der Waals surface area contributed by atoms with Crippen molar-refractivity contribution in [1.82, 2.24) is 14.5 Å². The first-order chi connectivity index (χ1) is 14.3. The third-order valence-electron chi connectivity index (χ3n) is 6.43. The largest absolute Gasteiger partial charge is 0.347 e. The maximum atomic E-state index is 12.9. The second-order valence-corrected chi connectivity index (χ2v) is 10.3. The zero-order chi connectivity index (χ0) is 21.7. The molecule has 1 aliphatic heterocycles. The molecular weight excluding hydrogens is 402 g/mol. The van der Waals surface area contributed by atoms with Gasteiger partial charge in [0.15, 0.2) is 0 Å². The smallest absolute Gasteiger partial charge is 0.243 e. The second-order valence-electron chi connectivity index (χ2n) is 8.36. The van der Waals surface area contributed by atoms with E-state index in [2.05, 4.69) is 19.2 Å². The second kappa shape index (κ2) is 9.92. The van der Waals surface area contributed by atoms with E-state index in [1.165, 1.54) is 4.31 Å². The van der Waals surface area contributed by atoms with Gasteiger partial charge in [0.1, 0.15) is 0 Å². The van der Waals surface area contributed by atoms with Gasteiger partial charge in [0.2, 0.25) is 21.8 Å². The van der Waals surface area contributed by atoms with Gasteiger partial charge in [0.25, 0.3) is 0 Å². The Morgan fingerprint density at radius 2 is 1.67 bits per heavy atom. The Labute approximate surface area is 179 Å². The first-order valence-corrected chi connectivity index (χ1v) is 12.4. The summed E-state index contributed by atoms with van der Waals surface area (Å²) in [5.41, 5.74) is 1.13. The van der Waals surface area contributed by atoms with Gasteiger partial charge < -0.3 is 10.2 Å². The zero-order valence-electron chi connectivity index (χ0n) is 18.0. The van der Waals surface area contributed by atoms with Crippen molar-refractivity contribution in [2.24, 2.45) is 5.92 Å². The molecule has 0 bridgehead atoms. The highest BCUT2D eigenvalue weighted by molar-refractivity contribution is 7.89. The minimum absolute atomic E-state index is 0.0147. The lowest BCUT2D eigenvalue weighted by molar-refractivity contribution is -0.134. The highest BCUT2D eigenvalue weighted by Gasteiger charge is 2.30. The molecule has 166 valence electrons. The zero-order valence-corrected chi connectivity index (χ0v) is 18.8. The Morgan fingerprint density at radius 3 is 2.23 bits per heavy atom. The molecule has 0 radical (unpaired) electrons. The average Bonchev–Trinajstić information content (AvgIpc) is 3.32. The molecule has 3 rings (SSSR count). The standard InChI is InChI=1S/C22H33N3O4S/c1-3-17(2)18-8-10-20(11-9-18)30(28,29)25-14-12-24(13-15-25)21(26)16-23-22(27)19-6-4-5-7-19/h8-11,17,19H,3-7,12-16H2,1-2H3,(H,23,27). The van der Waals surface area contributed by atoms with E-state index in [9.17, 15) is 18.0 Å². The van der Waals surface area contributed by atoms with Crippen LogP contribution in [0.4, 0.5) is 0 Å². The predicted octanol–water partition coefficient (Wildman–Crippen LogP) is 2.34. The Morgan fingerprint density at radius 1 is 1.07 bits per heavy atom. The number of rotatable bonds is 7. The third-order valence-corrected chi connectivity index (χ3v) is 8.34. The van der Waals surface area contributed by atoms with E-state index in [1.54, 1.807) is 17.0 Å². The number of carbonyl (C=O) groups is 2. The first-order valence-electron chi connectivity index (χ1n) is 11.0. The molecule has 1 aliphatic carbocycles. The van der Waals surface area contributed by atoms with Crippen LogP contribution in [0.3, 0.4) is 0 Å². The molecule has 8 heteroatoms. The molecule has 30 heavy (non-hydrogen) atoms. The van der Waals surface area contributed by atoms with Gasteiger partial charge in [-0.15, -0.1) is 0 Å². The number of carbonyl (C=O) groups excluding carboxylic acids is 2. The summed E-state index contributed by atoms with van der Waals surface area (Å²) in [4.78, 5) is 26.4. The Balaban J connectivity index is 1.51. The fourth-order valence-corrected chi connectivity index (χ4v) is 5.56.